The number of hydrogen-bond donors (Lipinski definition) is 1. The smallest absolute Gasteiger partial charge is 0.0409 e. The van der Waals surface area contributed by atoms with Crippen molar-refractivity contribution < 1.29 is 0 Å². The van der Waals surface area contributed by atoms with E-state index in [0.717, 1.165) is 19.4 Å². The largest absolute Gasteiger partial charge is 0.371 e. The Bertz CT molecular complexity index is 243. The van der Waals surface area contributed by atoms with Gasteiger partial charge in [0, 0.05) is 24.8 Å². The lowest BCUT2D eigenvalue weighted by molar-refractivity contribution is 0.194. The third-order valence-electron chi connectivity index (χ3n) is 3.29. The summed E-state index contributed by atoms with van der Waals surface area (Å²) in [6, 6.07) is 0.565. The van der Waals surface area contributed by atoms with E-state index in [9.17, 15) is 0 Å². The van der Waals surface area contributed by atoms with Gasteiger partial charge in [0.1, 0.15) is 0 Å². The fourth-order valence-electron chi connectivity index (χ4n) is 2.36. The van der Waals surface area contributed by atoms with Gasteiger partial charge in [-0.25, -0.2) is 0 Å². The van der Waals surface area contributed by atoms with Crippen LogP contribution in [0.25, 0.3) is 0 Å². The van der Waals surface area contributed by atoms with Crippen molar-refractivity contribution in [1.29, 1.82) is 0 Å². The molecule has 1 saturated heterocycles. The van der Waals surface area contributed by atoms with Crippen LogP contribution in [0.2, 0.25) is 0 Å². The minimum Gasteiger partial charge on any atom is -0.371 e. The van der Waals surface area contributed by atoms with E-state index in [-0.39, 0.29) is 0 Å². The van der Waals surface area contributed by atoms with Crippen LogP contribution in [0.3, 0.4) is 0 Å². The zero-order chi connectivity index (χ0) is 11.8. The molecule has 1 atom stereocenters. The summed E-state index contributed by atoms with van der Waals surface area (Å²) in [5.41, 5.74) is 7.30. The Labute approximate surface area is 100 Å². The average Bonchev–Trinajstić information content (AvgIpc) is 2.35. The first-order valence-electron chi connectivity index (χ1n) is 6.65. The topological polar surface area (TPSA) is 29.3 Å². The summed E-state index contributed by atoms with van der Waals surface area (Å²) in [4.78, 5) is 2.52. The van der Waals surface area contributed by atoms with Crippen molar-refractivity contribution in [2.45, 2.75) is 52.0 Å². The number of rotatable bonds is 5. The molecule has 0 bridgehead atoms. The van der Waals surface area contributed by atoms with E-state index in [0.29, 0.717) is 6.04 Å². The quantitative estimate of drug-likeness (QED) is 0.724. The lowest BCUT2D eigenvalue weighted by Gasteiger charge is -2.38. The molecular weight excluding hydrogens is 196 g/mol. The van der Waals surface area contributed by atoms with Crippen LogP contribution >= 0.6 is 0 Å². The Morgan fingerprint density at radius 3 is 2.81 bits per heavy atom. The Morgan fingerprint density at radius 1 is 1.38 bits per heavy atom. The van der Waals surface area contributed by atoms with Crippen LogP contribution in [0, 0.1) is 0 Å². The highest BCUT2D eigenvalue weighted by Gasteiger charge is 2.21. The first-order chi connectivity index (χ1) is 7.83. The highest BCUT2D eigenvalue weighted by molar-refractivity contribution is 5.13. The van der Waals surface area contributed by atoms with Crippen molar-refractivity contribution in [3.63, 3.8) is 0 Å². The van der Waals surface area contributed by atoms with Crippen molar-refractivity contribution in [3.8, 4) is 0 Å². The number of hydrogen-bond acceptors (Lipinski definition) is 2. The molecule has 1 aliphatic rings. The van der Waals surface area contributed by atoms with Gasteiger partial charge in [-0.3, -0.25) is 0 Å². The second kappa shape index (κ2) is 7.50. The van der Waals surface area contributed by atoms with Crippen LogP contribution in [0.4, 0.5) is 0 Å². The lowest BCUT2D eigenvalue weighted by Crippen LogP contribution is -2.43. The standard InChI is InChI=1S/C14H26N2/c1-3-5-6-9-13(4-2)16-11-8-7-10-14(16)12-15/h5-6,9,14H,3-4,7-8,10-12,15H2,1-2H3/b6-5-,13-9+. The molecule has 1 unspecified atom stereocenters. The molecule has 0 radical (unpaired) electrons. The van der Waals surface area contributed by atoms with Gasteiger partial charge >= 0.3 is 0 Å². The molecular formula is C14H26N2. The zero-order valence-corrected chi connectivity index (χ0v) is 10.8. The fourth-order valence-corrected chi connectivity index (χ4v) is 2.36. The average molecular weight is 222 g/mol. The van der Waals surface area contributed by atoms with E-state index in [1.165, 1.54) is 31.5 Å². The molecule has 1 rings (SSSR count). The second-order valence-corrected chi connectivity index (χ2v) is 4.43. The maximum Gasteiger partial charge on any atom is 0.0409 e. The Kier molecular flexibility index (Phi) is 6.24. The predicted molar refractivity (Wildman–Crippen MR) is 71.2 cm³/mol. The summed E-state index contributed by atoms with van der Waals surface area (Å²) in [7, 11) is 0. The molecule has 0 spiro atoms. The van der Waals surface area contributed by atoms with Gasteiger partial charge < -0.3 is 10.6 Å². The normalized spacial score (nSPS) is 23.1. The molecule has 92 valence electrons. The summed E-state index contributed by atoms with van der Waals surface area (Å²) < 4.78 is 0. The molecule has 2 nitrogen and oxygen atoms in total. The van der Waals surface area contributed by atoms with Gasteiger partial charge in [0.25, 0.3) is 0 Å². The molecule has 2 N–H and O–H groups in total. The van der Waals surface area contributed by atoms with Crippen LogP contribution in [0.5, 0.6) is 0 Å². The summed E-state index contributed by atoms with van der Waals surface area (Å²) in [6.07, 6.45) is 12.8. The molecule has 1 fully saturated rings. The number of nitrogens with two attached hydrogens (primary N) is 1. The second-order valence-electron chi connectivity index (χ2n) is 4.43. The SMILES string of the molecule is CC/C=C\C=C(/CC)N1CCCCC1CN. The maximum absolute atomic E-state index is 5.85. The van der Waals surface area contributed by atoms with Crippen LogP contribution < -0.4 is 5.73 Å². The highest BCUT2D eigenvalue weighted by Crippen LogP contribution is 2.22. The predicted octanol–water partition coefficient (Wildman–Crippen LogP) is 3.06. The zero-order valence-electron chi connectivity index (χ0n) is 10.8. The first-order valence-corrected chi connectivity index (χ1v) is 6.65. The highest BCUT2D eigenvalue weighted by atomic mass is 15.2. The summed E-state index contributed by atoms with van der Waals surface area (Å²) in [6.45, 7) is 6.36. The Hall–Kier alpha value is -0.760. The van der Waals surface area contributed by atoms with Crippen LogP contribution in [-0.4, -0.2) is 24.0 Å². The van der Waals surface area contributed by atoms with E-state index in [2.05, 4.69) is 37.0 Å². The number of nitrogens with zero attached hydrogens (tertiary/aromatic N) is 1. The number of allylic oxidation sites excluding steroid dienone is 4. The molecule has 0 saturated carbocycles. The van der Waals surface area contributed by atoms with Crippen molar-refractivity contribution in [1.82, 2.24) is 4.90 Å². The van der Waals surface area contributed by atoms with Gasteiger partial charge in [-0.2, -0.15) is 0 Å². The summed E-state index contributed by atoms with van der Waals surface area (Å²) in [5.74, 6) is 0. The maximum atomic E-state index is 5.85. The molecule has 0 aromatic heterocycles. The van der Waals surface area contributed by atoms with Crippen molar-refractivity contribution in [3.05, 3.63) is 23.9 Å². The van der Waals surface area contributed by atoms with Crippen LogP contribution in [-0.2, 0) is 0 Å². The number of piperidine rings is 1. The van der Waals surface area contributed by atoms with Gasteiger partial charge in [-0.05, 0) is 38.2 Å². The van der Waals surface area contributed by atoms with Gasteiger partial charge in [0.2, 0.25) is 0 Å². The van der Waals surface area contributed by atoms with E-state index < -0.39 is 0 Å². The minimum absolute atomic E-state index is 0.565. The van der Waals surface area contributed by atoms with Gasteiger partial charge in [-0.15, -0.1) is 0 Å². The van der Waals surface area contributed by atoms with E-state index >= 15 is 0 Å². The van der Waals surface area contributed by atoms with Crippen molar-refractivity contribution in [2.24, 2.45) is 5.73 Å². The monoisotopic (exact) mass is 222 g/mol. The van der Waals surface area contributed by atoms with E-state index in [4.69, 9.17) is 5.73 Å². The van der Waals surface area contributed by atoms with Gasteiger partial charge in [0.15, 0.2) is 0 Å². The molecule has 0 aromatic carbocycles. The summed E-state index contributed by atoms with van der Waals surface area (Å²) in [5, 5.41) is 0. The number of likely N-dealkylation sites (tertiary alicyclic amines) is 1. The van der Waals surface area contributed by atoms with Crippen molar-refractivity contribution >= 4 is 0 Å². The molecule has 1 aliphatic heterocycles. The molecule has 0 aromatic rings. The molecule has 2 heteroatoms. The fraction of sp³-hybridized carbons (Fsp3) is 0.714. The van der Waals surface area contributed by atoms with Crippen LogP contribution in [0.1, 0.15) is 46.0 Å². The third kappa shape index (κ3) is 3.67. The Morgan fingerprint density at radius 2 is 2.19 bits per heavy atom. The minimum atomic E-state index is 0.565. The molecule has 16 heavy (non-hydrogen) atoms. The third-order valence-corrected chi connectivity index (χ3v) is 3.29. The van der Waals surface area contributed by atoms with E-state index in [1.54, 1.807) is 0 Å². The van der Waals surface area contributed by atoms with Crippen LogP contribution in [0.15, 0.2) is 23.9 Å². The molecule has 0 amide bonds. The first kappa shape index (κ1) is 13.3. The molecule has 1 heterocycles. The van der Waals surface area contributed by atoms with Crippen molar-refractivity contribution in [2.75, 3.05) is 13.1 Å². The van der Waals surface area contributed by atoms with Gasteiger partial charge in [0.05, 0.1) is 0 Å². The molecule has 0 aliphatic carbocycles. The van der Waals surface area contributed by atoms with E-state index in [1.807, 2.05) is 0 Å². The lowest BCUT2D eigenvalue weighted by atomic mass is 10.0. The van der Waals surface area contributed by atoms with Gasteiger partial charge in [-0.1, -0.05) is 26.0 Å². The summed E-state index contributed by atoms with van der Waals surface area (Å²) >= 11 is 0. The Balaban J connectivity index is 2.68.